The third kappa shape index (κ3) is 0.461. The number of rotatable bonds is 0. The molecule has 0 aromatic heterocycles. The second-order valence-electron chi connectivity index (χ2n) is 4.61. The van der Waals surface area contributed by atoms with Crippen molar-refractivity contribution in [2.24, 2.45) is 16.7 Å². The Morgan fingerprint density at radius 1 is 1.22 bits per heavy atom. The molecule has 9 heavy (non-hydrogen) atoms. The van der Waals surface area contributed by atoms with Crippen LogP contribution in [0.2, 0.25) is 0 Å². The second kappa shape index (κ2) is 1.21. The van der Waals surface area contributed by atoms with Crippen LogP contribution in [-0.2, 0) is 0 Å². The highest BCUT2D eigenvalue weighted by Crippen LogP contribution is 2.73. The smallest absolute Gasteiger partial charge is 0.0241 e. The lowest BCUT2D eigenvalue weighted by Crippen LogP contribution is -2.44. The van der Waals surface area contributed by atoms with Gasteiger partial charge >= 0.3 is 0 Å². The molecule has 0 saturated heterocycles. The molecule has 0 nitrogen and oxygen atoms in total. The van der Waals surface area contributed by atoms with E-state index in [9.17, 15) is 0 Å². The highest BCUT2D eigenvalue weighted by atomic mass is 14.7. The SMILES string of the molecule is CC1CC2(CC2)C1(C)C. The molecule has 1 atom stereocenters. The Labute approximate surface area is 57.6 Å². The molecule has 2 aliphatic carbocycles. The van der Waals surface area contributed by atoms with Crippen LogP contribution >= 0.6 is 0 Å². The van der Waals surface area contributed by atoms with Crippen molar-refractivity contribution >= 4 is 0 Å². The van der Waals surface area contributed by atoms with Gasteiger partial charge in [0.1, 0.15) is 0 Å². The van der Waals surface area contributed by atoms with E-state index in [4.69, 9.17) is 0 Å². The lowest BCUT2D eigenvalue weighted by molar-refractivity contribution is -0.0310. The van der Waals surface area contributed by atoms with E-state index in [1.807, 2.05) is 0 Å². The molecule has 0 amide bonds. The summed E-state index contributed by atoms with van der Waals surface area (Å²) >= 11 is 0. The average molecular weight is 124 g/mol. The standard InChI is InChI=1S/C9H16/c1-7-6-9(4-5-9)8(7,2)3/h7H,4-6H2,1-3H3. The van der Waals surface area contributed by atoms with Gasteiger partial charge in [-0.15, -0.1) is 0 Å². The van der Waals surface area contributed by atoms with Crippen LogP contribution in [0.15, 0.2) is 0 Å². The van der Waals surface area contributed by atoms with Crippen LogP contribution in [-0.4, -0.2) is 0 Å². The first-order valence-corrected chi connectivity index (χ1v) is 4.08. The van der Waals surface area contributed by atoms with E-state index in [1.165, 1.54) is 19.3 Å². The van der Waals surface area contributed by atoms with E-state index in [1.54, 1.807) is 0 Å². The Balaban J connectivity index is 2.19. The van der Waals surface area contributed by atoms with Gasteiger partial charge < -0.3 is 0 Å². The summed E-state index contributed by atoms with van der Waals surface area (Å²) in [6.07, 6.45) is 4.55. The minimum Gasteiger partial charge on any atom is -0.0620 e. The number of hydrogen-bond acceptors (Lipinski definition) is 0. The fourth-order valence-corrected chi connectivity index (χ4v) is 2.50. The van der Waals surface area contributed by atoms with Crippen molar-refractivity contribution < 1.29 is 0 Å². The van der Waals surface area contributed by atoms with Crippen LogP contribution in [0.5, 0.6) is 0 Å². The minimum atomic E-state index is 0.688. The normalized spacial score (nSPS) is 42.3. The molecular formula is C9H16. The van der Waals surface area contributed by atoms with Crippen LogP contribution in [0.1, 0.15) is 40.0 Å². The quantitative estimate of drug-likeness (QED) is 0.466. The molecule has 1 unspecified atom stereocenters. The maximum Gasteiger partial charge on any atom is -0.0241 e. The largest absolute Gasteiger partial charge is 0.0620 e. The summed E-state index contributed by atoms with van der Waals surface area (Å²) in [5.74, 6) is 0.986. The summed E-state index contributed by atoms with van der Waals surface area (Å²) in [5, 5.41) is 0. The minimum absolute atomic E-state index is 0.688. The van der Waals surface area contributed by atoms with E-state index in [0.29, 0.717) is 5.41 Å². The molecule has 0 bridgehead atoms. The Hall–Kier alpha value is 0. The van der Waals surface area contributed by atoms with Gasteiger partial charge in [0, 0.05) is 0 Å². The lowest BCUT2D eigenvalue weighted by atomic mass is 9.53. The molecule has 0 aromatic rings. The third-order valence-corrected chi connectivity index (χ3v) is 4.15. The van der Waals surface area contributed by atoms with E-state index < -0.39 is 0 Å². The Bertz CT molecular complexity index is 140. The topological polar surface area (TPSA) is 0 Å². The summed E-state index contributed by atoms with van der Waals surface area (Å²) in [5.41, 5.74) is 1.53. The molecular weight excluding hydrogens is 108 g/mol. The zero-order chi connectivity index (χ0) is 6.70. The Morgan fingerprint density at radius 2 is 1.78 bits per heavy atom. The van der Waals surface area contributed by atoms with Crippen LogP contribution in [0.3, 0.4) is 0 Å². The molecule has 0 heterocycles. The summed E-state index contributed by atoms with van der Waals surface area (Å²) in [6, 6.07) is 0. The molecule has 0 aromatic carbocycles. The number of hydrogen-bond donors (Lipinski definition) is 0. The van der Waals surface area contributed by atoms with Gasteiger partial charge in [-0.1, -0.05) is 20.8 Å². The van der Waals surface area contributed by atoms with Gasteiger partial charge in [0.25, 0.3) is 0 Å². The molecule has 1 spiro atoms. The highest BCUT2D eigenvalue weighted by Gasteiger charge is 2.64. The van der Waals surface area contributed by atoms with Crippen molar-refractivity contribution in [3.63, 3.8) is 0 Å². The summed E-state index contributed by atoms with van der Waals surface area (Å²) in [6.45, 7) is 7.27. The van der Waals surface area contributed by atoms with E-state index in [2.05, 4.69) is 20.8 Å². The summed E-state index contributed by atoms with van der Waals surface area (Å²) in [4.78, 5) is 0. The van der Waals surface area contributed by atoms with Gasteiger partial charge in [-0.25, -0.2) is 0 Å². The second-order valence-corrected chi connectivity index (χ2v) is 4.61. The van der Waals surface area contributed by atoms with Gasteiger partial charge in [0.2, 0.25) is 0 Å². The highest BCUT2D eigenvalue weighted by molar-refractivity contribution is 5.13. The van der Waals surface area contributed by atoms with Crippen molar-refractivity contribution in [1.29, 1.82) is 0 Å². The molecule has 52 valence electrons. The monoisotopic (exact) mass is 124 g/mol. The first-order chi connectivity index (χ1) is 4.08. The zero-order valence-electron chi connectivity index (χ0n) is 6.70. The molecule has 0 radical (unpaired) electrons. The van der Waals surface area contributed by atoms with Crippen molar-refractivity contribution in [2.45, 2.75) is 40.0 Å². The van der Waals surface area contributed by atoms with Gasteiger partial charge in [-0.05, 0) is 36.0 Å². The van der Waals surface area contributed by atoms with E-state index >= 15 is 0 Å². The Kier molecular flexibility index (Phi) is 0.774. The van der Waals surface area contributed by atoms with Gasteiger partial charge in [0.05, 0.1) is 0 Å². The molecule has 2 aliphatic rings. The molecule has 2 rings (SSSR count). The molecule has 0 heteroatoms. The van der Waals surface area contributed by atoms with Crippen LogP contribution in [0.4, 0.5) is 0 Å². The van der Waals surface area contributed by atoms with Crippen molar-refractivity contribution in [3.05, 3.63) is 0 Å². The van der Waals surface area contributed by atoms with E-state index in [-0.39, 0.29) is 0 Å². The lowest BCUT2D eigenvalue weighted by Gasteiger charge is -2.52. The van der Waals surface area contributed by atoms with Crippen LogP contribution in [0, 0.1) is 16.7 Å². The fourth-order valence-electron chi connectivity index (χ4n) is 2.50. The van der Waals surface area contributed by atoms with Crippen LogP contribution < -0.4 is 0 Å². The van der Waals surface area contributed by atoms with E-state index in [0.717, 1.165) is 11.3 Å². The predicted molar refractivity (Wildman–Crippen MR) is 39.2 cm³/mol. The average Bonchev–Trinajstić information content (AvgIpc) is 2.49. The van der Waals surface area contributed by atoms with Gasteiger partial charge in [-0.2, -0.15) is 0 Å². The molecule has 0 aliphatic heterocycles. The maximum absolute atomic E-state index is 2.44. The fraction of sp³-hybridized carbons (Fsp3) is 1.00. The zero-order valence-corrected chi connectivity index (χ0v) is 6.70. The van der Waals surface area contributed by atoms with Gasteiger partial charge in [0.15, 0.2) is 0 Å². The van der Waals surface area contributed by atoms with Gasteiger partial charge in [-0.3, -0.25) is 0 Å². The summed E-state index contributed by atoms with van der Waals surface area (Å²) in [7, 11) is 0. The molecule has 2 saturated carbocycles. The maximum atomic E-state index is 2.44. The van der Waals surface area contributed by atoms with Crippen molar-refractivity contribution in [3.8, 4) is 0 Å². The first kappa shape index (κ1) is 5.76. The third-order valence-electron chi connectivity index (χ3n) is 4.15. The molecule has 2 fully saturated rings. The van der Waals surface area contributed by atoms with Crippen molar-refractivity contribution in [2.75, 3.05) is 0 Å². The van der Waals surface area contributed by atoms with Crippen molar-refractivity contribution in [1.82, 2.24) is 0 Å². The first-order valence-electron chi connectivity index (χ1n) is 4.08. The summed E-state index contributed by atoms with van der Waals surface area (Å²) < 4.78 is 0. The predicted octanol–water partition coefficient (Wildman–Crippen LogP) is 2.83. The molecule has 0 N–H and O–H groups in total. The Morgan fingerprint density at radius 3 is 1.89 bits per heavy atom. The van der Waals surface area contributed by atoms with Crippen LogP contribution in [0.25, 0.3) is 0 Å².